The molecular formula is C21H22N2O3. The lowest BCUT2D eigenvalue weighted by Gasteiger charge is -2.33. The van der Waals surface area contributed by atoms with Gasteiger partial charge in [0.1, 0.15) is 5.75 Å². The Morgan fingerprint density at radius 2 is 1.92 bits per heavy atom. The van der Waals surface area contributed by atoms with E-state index in [1.165, 1.54) is 11.6 Å². The first kappa shape index (κ1) is 17.7. The lowest BCUT2D eigenvalue weighted by atomic mass is 10.1. The van der Waals surface area contributed by atoms with Crippen LogP contribution in [-0.4, -0.2) is 31.5 Å². The van der Waals surface area contributed by atoms with E-state index in [1.54, 1.807) is 24.1 Å². The number of carbonyl (C=O) groups excluding carboxylic acids is 2. The largest absolute Gasteiger partial charge is 0.477 e. The Balaban J connectivity index is 1.82. The summed E-state index contributed by atoms with van der Waals surface area (Å²) in [5, 5.41) is 2.57. The highest BCUT2D eigenvalue weighted by Gasteiger charge is 2.32. The normalized spacial score (nSPS) is 16.1. The number of carbonyl (C=O) groups is 2. The number of hydrogen-bond acceptors (Lipinski definition) is 3. The molecule has 5 nitrogen and oxygen atoms in total. The van der Waals surface area contributed by atoms with Crippen molar-refractivity contribution in [2.24, 2.45) is 0 Å². The number of nitrogens with one attached hydrogen (secondary N) is 1. The predicted molar refractivity (Wildman–Crippen MR) is 102 cm³/mol. The van der Waals surface area contributed by atoms with E-state index in [9.17, 15) is 9.59 Å². The molecule has 3 rings (SSSR count). The highest BCUT2D eigenvalue weighted by atomic mass is 16.5. The number of fused-ring (bicyclic) bond motifs is 1. The van der Waals surface area contributed by atoms with E-state index in [0.29, 0.717) is 11.4 Å². The predicted octanol–water partition coefficient (Wildman–Crippen LogP) is 2.80. The minimum absolute atomic E-state index is 0.175. The van der Waals surface area contributed by atoms with Crippen LogP contribution in [0.3, 0.4) is 0 Å². The van der Waals surface area contributed by atoms with Gasteiger partial charge in [-0.3, -0.25) is 9.59 Å². The van der Waals surface area contributed by atoms with E-state index in [2.05, 4.69) is 24.4 Å². The average molecular weight is 350 g/mol. The number of anilines is 1. The van der Waals surface area contributed by atoms with Gasteiger partial charge in [-0.1, -0.05) is 43.3 Å². The van der Waals surface area contributed by atoms with Crippen molar-refractivity contribution in [2.45, 2.75) is 19.4 Å². The van der Waals surface area contributed by atoms with Gasteiger partial charge in [-0.2, -0.15) is 0 Å². The number of ether oxygens (including phenoxy) is 1. The maximum Gasteiger partial charge on any atom is 0.262 e. The van der Waals surface area contributed by atoms with Crippen molar-refractivity contribution in [3.05, 3.63) is 65.7 Å². The molecule has 1 aliphatic heterocycles. The first-order chi connectivity index (χ1) is 12.6. The highest BCUT2D eigenvalue weighted by molar-refractivity contribution is 6.05. The SMILES string of the molecule is CCc1ccc(/C=C/C(=O)N2C[C@H](C(=O)NC)Oc3ccccc32)cc1. The Kier molecular flexibility index (Phi) is 5.37. The number of likely N-dealkylation sites (N-methyl/N-ethyl adjacent to an activating group) is 1. The third-order valence-corrected chi connectivity index (χ3v) is 4.38. The van der Waals surface area contributed by atoms with Crippen LogP contribution in [-0.2, 0) is 16.0 Å². The standard InChI is InChI=1S/C21H22N2O3/c1-3-15-8-10-16(11-9-15)12-13-20(24)23-14-19(21(25)22-2)26-18-7-5-4-6-17(18)23/h4-13,19H,3,14H2,1-2H3,(H,22,25)/b13-12+/t19-/m1/s1. The summed E-state index contributed by atoms with van der Waals surface area (Å²) in [5.41, 5.74) is 2.88. The minimum atomic E-state index is -0.726. The van der Waals surface area contributed by atoms with E-state index in [0.717, 1.165) is 12.0 Å². The monoisotopic (exact) mass is 350 g/mol. The number of benzene rings is 2. The summed E-state index contributed by atoms with van der Waals surface area (Å²) in [6.45, 7) is 2.28. The van der Waals surface area contributed by atoms with Crippen LogP contribution in [0.15, 0.2) is 54.6 Å². The van der Waals surface area contributed by atoms with Gasteiger partial charge in [-0.25, -0.2) is 0 Å². The molecule has 0 fully saturated rings. The van der Waals surface area contributed by atoms with E-state index >= 15 is 0 Å². The molecule has 26 heavy (non-hydrogen) atoms. The van der Waals surface area contributed by atoms with Crippen LogP contribution >= 0.6 is 0 Å². The molecule has 1 atom stereocenters. The van der Waals surface area contributed by atoms with Crippen LogP contribution in [0.4, 0.5) is 5.69 Å². The summed E-state index contributed by atoms with van der Waals surface area (Å²) in [6, 6.07) is 15.3. The Hall–Kier alpha value is -3.08. The van der Waals surface area contributed by atoms with Gasteiger partial charge < -0.3 is 15.0 Å². The molecule has 2 aromatic rings. The van der Waals surface area contributed by atoms with E-state index in [4.69, 9.17) is 4.74 Å². The van der Waals surface area contributed by atoms with E-state index in [-0.39, 0.29) is 18.4 Å². The number of rotatable bonds is 4. The van der Waals surface area contributed by atoms with E-state index in [1.807, 2.05) is 30.3 Å². The first-order valence-corrected chi connectivity index (χ1v) is 8.68. The zero-order chi connectivity index (χ0) is 18.5. The Bertz CT molecular complexity index is 827. The smallest absolute Gasteiger partial charge is 0.262 e. The van der Waals surface area contributed by atoms with Gasteiger partial charge in [0.15, 0.2) is 6.10 Å². The molecular weight excluding hydrogens is 328 g/mol. The third-order valence-electron chi connectivity index (χ3n) is 4.38. The van der Waals surface area contributed by atoms with Crippen molar-refractivity contribution < 1.29 is 14.3 Å². The average Bonchev–Trinajstić information content (AvgIpc) is 2.70. The summed E-state index contributed by atoms with van der Waals surface area (Å²) in [4.78, 5) is 26.3. The second-order valence-electron chi connectivity index (χ2n) is 6.07. The van der Waals surface area contributed by atoms with Gasteiger partial charge in [0.2, 0.25) is 0 Å². The van der Waals surface area contributed by atoms with Crippen LogP contribution in [0.1, 0.15) is 18.1 Å². The maximum atomic E-state index is 12.8. The zero-order valence-electron chi connectivity index (χ0n) is 14.9. The molecule has 0 aromatic heterocycles. The van der Waals surface area contributed by atoms with Crippen LogP contribution in [0.2, 0.25) is 0 Å². The van der Waals surface area contributed by atoms with Crippen molar-refractivity contribution in [3.63, 3.8) is 0 Å². The van der Waals surface area contributed by atoms with Crippen molar-refractivity contribution >= 4 is 23.6 Å². The molecule has 0 spiro atoms. The van der Waals surface area contributed by atoms with Crippen LogP contribution in [0.25, 0.3) is 6.08 Å². The number of hydrogen-bond donors (Lipinski definition) is 1. The molecule has 0 bridgehead atoms. The molecule has 0 saturated carbocycles. The quantitative estimate of drug-likeness (QED) is 0.863. The van der Waals surface area contributed by atoms with Crippen molar-refractivity contribution in [3.8, 4) is 5.75 Å². The fraction of sp³-hybridized carbons (Fsp3) is 0.238. The molecule has 1 heterocycles. The number of nitrogens with zero attached hydrogens (tertiary/aromatic N) is 1. The van der Waals surface area contributed by atoms with Crippen LogP contribution in [0.5, 0.6) is 5.75 Å². The molecule has 5 heteroatoms. The lowest BCUT2D eigenvalue weighted by molar-refractivity contribution is -0.127. The zero-order valence-corrected chi connectivity index (χ0v) is 14.9. The van der Waals surface area contributed by atoms with Gasteiger partial charge in [-0.15, -0.1) is 0 Å². The molecule has 2 aromatic carbocycles. The van der Waals surface area contributed by atoms with Gasteiger partial charge in [0, 0.05) is 13.1 Å². The molecule has 1 aliphatic rings. The van der Waals surface area contributed by atoms with E-state index < -0.39 is 6.10 Å². The van der Waals surface area contributed by atoms with Crippen molar-refractivity contribution in [1.29, 1.82) is 0 Å². The molecule has 0 radical (unpaired) electrons. The van der Waals surface area contributed by atoms with Gasteiger partial charge >= 0.3 is 0 Å². The molecule has 1 N–H and O–H groups in total. The molecule has 134 valence electrons. The summed E-state index contributed by atoms with van der Waals surface area (Å²) in [6.07, 6.45) is 3.57. The maximum absolute atomic E-state index is 12.8. The molecule has 2 amide bonds. The number of aryl methyl sites for hydroxylation is 1. The first-order valence-electron chi connectivity index (χ1n) is 8.68. The summed E-state index contributed by atoms with van der Waals surface area (Å²) in [7, 11) is 1.55. The Morgan fingerprint density at radius 1 is 1.19 bits per heavy atom. The third kappa shape index (κ3) is 3.77. The van der Waals surface area contributed by atoms with Crippen LogP contribution < -0.4 is 15.0 Å². The lowest BCUT2D eigenvalue weighted by Crippen LogP contribution is -2.49. The van der Waals surface area contributed by atoms with Crippen LogP contribution in [0, 0.1) is 0 Å². The minimum Gasteiger partial charge on any atom is -0.477 e. The fourth-order valence-corrected chi connectivity index (χ4v) is 2.86. The summed E-state index contributed by atoms with van der Waals surface area (Å²) < 4.78 is 5.72. The molecule has 0 saturated heterocycles. The van der Waals surface area contributed by atoms with Gasteiger partial charge in [0.25, 0.3) is 11.8 Å². The molecule has 0 aliphatic carbocycles. The summed E-state index contributed by atoms with van der Waals surface area (Å²) >= 11 is 0. The van der Waals surface area contributed by atoms with Gasteiger partial charge in [-0.05, 0) is 35.8 Å². The number of amides is 2. The number of para-hydroxylation sites is 2. The molecule has 0 unspecified atom stereocenters. The van der Waals surface area contributed by atoms with Crippen molar-refractivity contribution in [1.82, 2.24) is 5.32 Å². The van der Waals surface area contributed by atoms with Crippen molar-refractivity contribution in [2.75, 3.05) is 18.5 Å². The second kappa shape index (κ2) is 7.87. The summed E-state index contributed by atoms with van der Waals surface area (Å²) in [5.74, 6) is 0.0899. The Labute approximate surface area is 153 Å². The Morgan fingerprint density at radius 3 is 2.62 bits per heavy atom. The second-order valence-corrected chi connectivity index (χ2v) is 6.07. The van der Waals surface area contributed by atoms with Gasteiger partial charge in [0.05, 0.1) is 12.2 Å². The highest BCUT2D eigenvalue weighted by Crippen LogP contribution is 2.33. The fourth-order valence-electron chi connectivity index (χ4n) is 2.86. The topological polar surface area (TPSA) is 58.6 Å².